The predicted molar refractivity (Wildman–Crippen MR) is 102 cm³/mol. The summed E-state index contributed by atoms with van der Waals surface area (Å²) in [6.45, 7) is 3.76. The maximum Gasteiger partial charge on any atom is 0.287 e. The van der Waals surface area contributed by atoms with E-state index in [1.54, 1.807) is 30.3 Å². The fourth-order valence-corrected chi connectivity index (χ4v) is 2.42. The van der Waals surface area contributed by atoms with Crippen molar-refractivity contribution in [2.75, 3.05) is 17.2 Å². The van der Waals surface area contributed by atoms with Crippen molar-refractivity contribution in [2.45, 2.75) is 20.3 Å². The van der Waals surface area contributed by atoms with Gasteiger partial charge in [0, 0.05) is 17.8 Å². The molecular weight excluding hydrogens is 402 g/mol. The summed E-state index contributed by atoms with van der Waals surface area (Å²) < 4.78 is 5.54. The van der Waals surface area contributed by atoms with Gasteiger partial charge in [-0.25, -0.2) is 0 Å². The number of amides is 3. The highest BCUT2D eigenvalue weighted by Gasteiger charge is 2.12. The summed E-state index contributed by atoms with van der Waals surface area (Å²) in [5.74, 6) is -0.504. The lowest BCUT2D eigenvalue weighted by molar-refractivity contribution is -0.117. The van der Waals surface area contributed by atoms with Gasteiger partial charge < -0.3 is 20.4 Å². The molecule has 138 valence electrons. The topological polar surface area (TPSA) is 100 Å². The summed E-state index contributed by atoms with van der Waals surface area (Å²) in [6, 6.07) is 9.85. The Kier molecular flexibility index (Phi) is 6.97. The molecule has 0 fully saturated rings. The van der Waals surface area contributed by atoms with Crippen LogP contribution in [0.15, 0.2) is 45.5 Å². The molecule has 0 unspecified atom stereocenters. The average Bonchev–Trinajstić information content (AvgIpc) is 3.00. The van der Waals surface area contributed by atoms with Crippen molar-refractivity contribution in [2.24, 2.45) is 5.92 Å². The normalized spacial score (nSPS) is 10.5. The second-order valence-electron chi connectivity index (χ2n) is 6.06. The lowest BCUT2D eigenvalue weighted by Gasteiger charge is -2.09. The number of nitrogens with one attached hydrogen (secondary N) is 3. The van der Waals surface area contributed by atoms with E-state index in [1.807, 2.05) is 13.8 Å². The third-order valence-electron chi connectivity index (χ3n) is 3.25. The van der Waals surface area contributed by atoms with E-state index in [0.29, 0.717) is 22.5 Å². The first kappa shape index (κ1) is 19.7. The van der Waals surface area contributed by atoms with Gasteiger partial charge >= 0.3 is 0 Å². The Morgan fingerprint density at radius 1 is 0.962 bits per heavy atom. The number of carbonyl (C=O) groups excluding carboxylic acids is 3. The number of halogens is 1. The zero-order valence-corrected chi connectivity index (χ0v) is 16.1. The van der Waals surface area contributed by atoms with Crippen LogP contribution in [-0.4, -0.2) is 24.3 Å². The van der Waals surface area contributed by atoms with Gasteiger partial charge in [0.15, 0.2) is 10.4 Å². The first-order valence-corrected chi connectivity index (χ1v) is 8.86. The van der Waals surface area contributed by atoms with Gasteiger partial charge in [-0.15, -0.1) is 0 Å². The molecule has 3 amide bonds. The van der Waals surface area contributed by atoms with Crippen molar-refractivity contribution in [3.05, 3.63) is 46.8 Å². The van der Waals surface area contributed by atoms with E-state index >= 15 is 0 Å². The lowest BCUT2D eigenvalue weighted by atomic mass is 10.1. The van der Waals surface area contributed by atoms with Gasteiger partial charge in [-0.3, -0.25) is 14.4 Å². The molecule has 1 heterocycles. The molecule has 0 aliphatic heterocycles. The standard InChI is InChI=1S/C18H20BrN3O4/c1-11(2)9-16(23)21-12-3-5-13(6-4-12)22-17(24)10-20-18(25)14-7-8-15(19)26-14/h3-8,11H,9-10H2,1-2H3,(H,20,25)(H,21,23)(H,22,24). The molecule has 0 aliphatic carbocycles. The summed E-state index contributed by atoms with van der Waals surface area (Å²) in [5.41, 5.74) is 1.22. The fourth-order valence-electron chi connectivity index (χ4n) is 2.11. The molecule has 3 N–H and O–H groups in total. The Hall–Kier alpha value is -2.61. The van der Waals surface area contributed by atoms with Crippen LogP contribution in [0.5, 0.6) is 0 Å². The molecule has 0 radical (unpaired) electrons. The van der Waals surface area contributed by atoms with Crippen LogP contribution in [0, 0.1) is 5.92 Å². The highest BCUT2D eigenvalue weighted by atomic mass is 79.9. The summed E-state index contributed by atoms with van der Waals surface area (Å²) in [6.07, 6.45) is 0.449. The number of furan rings is 1. The molecule has 0 bridgehead atoms. The third-order valence-corrected chi connectivity index (χ3v) is 3.68. The fraction of sp³-hybridized carbons (Fsp3) is 0.278. The Bertz CT molecular complexity index is 784. The summed E-state index contributed by atoms with van der Waals surface area (Å²) >= 11 is 3.10. The van der Waals surface area contributed by atoms with E-state index in [-0.39, 0.29) is 30.0 Å². The monoisotopic (exact) mass is 421 g/mol. The minimum atomic E-state index is -0.478. The molecule has 0 saturated heterocycles. The van der Waals surface area contributed by atoms with Crippen molar-refractivity contribution in [1.29, 1.82) is 0 Å². The Morgan fingerprint density at radius 3 is 2.04 bits per heavy atom. The van der Waals surface area contributed by atoms with Crippen LogP contribution in [0.3, 0.4) is 0 Å². The Labute approximate surface area is 159 Å². The van der Waals surface area contributed by atoms with E-state index in [2.05, 4.69) is 31.9 Å². The molecule has 0 spiro atoms. The molecule has 2 rings (SSSR count). The third kappa shape index (κ3) is 6.36. The summed E-state index contributed by atoms with van der Waals surface area (Å²) in [7, 11) is 0. The second kappa shape index (κ2) is 9.19. The van der Waals surface area contributed by atoms with Crippen LogP contribution in [0.4, 0.5) is 11.4 Å². The molecule has 1 aromatic carbocycles. The summed E-state index contributed by atoms with van der Waals surface area (Å²) in [4.78, 5) is 35.4. The number of benzene rings is 1. The summed E-state index contributed by atoms with van der Waals surface area (Å²) in [5, 5.41) is 7.92. The maximum absolute atomic E-state index is 11.9. The smallest absolute Gasteiger partial charge is 0.287 e. The van der Waals surface area contributed by atoms with Crippen molar-refractivity contribution in [3.63, 3.8) is 0 Å². The van der Waals surface area contributed by atoms with Crippen LogP contribution in [-0.2, 0) is 9.59 Å². The maximum atomic E-state index is 11.9. The highest BCUT2D eigenvalue weighted by Crippen LogP contribution is 2.15. The number of anilines is 2. The molecule has 1 aromatic heterocycles. The van der Waals surface area contributed by atoms with E-state index in [1.165, 1.54) is 6.07 Å². The van der Waals surface area contributed by atoms with E-state index in [9.17, 15) is 14.4 Å². The van der Waals surface area contributed by atoms with Gasteiger partial charge in [0.1, 0.15) is 0 Å². The van der Waals surface area contributed by atoms with Gasteiger partial charge in [0.05, 0.1) is 6.54 Å². The SMILES string of the molecule is CC(C)CC(=O)Nc1ccc(NC(=O)CNC(=O)c2ccc(Br)o2)cc1. The van der Waals surface area contributed by atoms with Crippen molar-refractivity contribution >= 4 is 45.0 Å². The van der Waals surface area contributed by atoms with Crippen LogP contribution in [0.1, 0.15) is 30.8 Å². The predicted octanol–water partition coefficient (Wildman–Crippen LogP) is 3.40. The minimum absolute atomic E-state index is 0.0518. The van der Waals surface area contributed by atoms with Crippen LogP contribution in [0.2, 0.25) is 0 Å². The van der Waals surface area contributed by atoms with Gasteiger partial charge in [-0.2, -0.15) is 0 Å². The first-order chi connectivity index (χ1) is 12.3. The molecule has 8 heteroatoms. The first-order valence-electron chi connectivity index (χ1n) is 8.07. The lowest BCUT2D eigenvalue weighted by Crippen LogP contribution is -2.32. The number of rotatable bonds is 7. The van der Waals surface area contributed by atoms with Gasteiger partial charge in [0.2, 0.25) is 11.8 Å². The van der Waals surface area contributed by atoms with Crippen LogP contribution in [0.25, 0.3) is 0 Å². The highest BCUT2D eigenvalue weighted by molar-refractivity contribution is 9.10. The number of hydrogen-bond acceptors (Lipinski definition) is 4. The van der Waals surface area contributed by atoms with Crippen LogP contribution < -0.4 is 16.0 Å². The largest absolute Gasteiger partial charge is 0.444 e. The Balaban J connectivity index is 1.80. The minimum Gasteiger partial charge on any atom is -0.444 e. The molecule has 7 nitrogen and oxygen atoms in total. The molecule has 0 atom stereocenters. The average molecular weight is 422 g/mol. The second-order valence-corrected chi connectivity index (χ2v) is 6.84. The van der Waals surface area contributed by atoms with Gasteiger partial charge in [-0.1, -0.05) is 13.8 Å². The van der Waals surface area contributed by atoms with E-state index in [4.69, 9.17) is 4.42 Å². The molecule has 0 aliphatic rings. The van der Waals surface area contributed by atoms with Gasteiger partial charge in [0.25, 0.3) is 5.91 Å². The van der Waals surface area contributed by atoms with Gasteiger partial charge in [-0.05, 0) is 58.2 Å². The van der Waals surface area contributed by atoms with Crippen LogP contribution >= 0.6 is 15.9 Å². The molecular formula is C18H20BrN3O4. The van der Waals surface area contributed by atoms with Crippen molar-refractivity contribution < 1.29 is 18.8 Å². The van der Waals surface area contributed by atoms with E-state index in [0.717, 1.165) is 0 Å². The molecule has 2 aromatic rings. The number of carbonyl (C=O) groups is 3. The zero-order valence-electron chi connectivity index (χ0n) is 14.5. The Morgan fingerprint density at radius 2 is 1.54 bits per heavy atom. The molecule has 26 heavy (non-hydrogen) atoms. The van der Waals surface area contributed by atoms with Crippen molar-refractivity contribution in [3.8, 4) is 0 Å². The molecule has 0 saturated carbocycles. The van der Waals surface area contributed by atoms with E-state index < -0.39 is 5.91 Å². The van der Waals surface area contributed by atoms with Crippen molar-refractivity contribution in [1.82, 2.24) is 5.32 Å². The number of hydrogen-bond donors (Lipinski definition) is 3. The quantitative estimate of drug-likeness (QED) is 0.637. The zero-order chi connectivity index (χ0) is 19.1.